The number of fused-ring (bicyclic) bond motifs is 1. The quantitative estimate of drug-likeness (QED) is 0.669. The summed E-state index contributed by atoms with van der Waals surface area (Å²) in [5.41, 5.74) is 2.51. The largest absolute Gasteiger partial charge is 0.465 e. The van der Waals surface area contributed by atoms with E-state index in [0.717, 1.165) is 42.9 Å². The second-order valence-electron chi connectivity index (χ2n) is 7.16. The van der Waals surface area contributed by atoms with Crippen LogP contribution in [0.5, 0.6) is 0 Å². The Kier molecular flexibility index (Phi) is 5.57. The number of rotatable bonds is 5. The third-order valence-corrected chi connectivity index (χ3v) is 5.22. The molecule has 1 aliphatic heterocycles. The van der Waals surface area contributed by atoms with Crippen LogP contribution in [0.3, 0.4) is 0 Å². The Morgan fingerprint density at radius 1 is 1.14 bits per heavy atom. The fourth-order valence-electron chi connectivity index (χ4n) is 3.68. The molecular formula is C22H23N3O4. The first-order valence-electron chi connectivity index (χ1n) is 9.69. The van der Waals surface area contributed by atoms with E-state index in [1.807, 2.05) is 24.3 Å². The zero-order valence-electron chi connectivity index (χ0n) is 16.3. The minimum absolute atomic E-state index is 0.151. The second-order valence-corrected chi connectivity index (χ2v) is 7.16. The highest BCUT2D eigenvalue weighted by Crippen LogP contribution is 2.29. The lowest BCUT2D eigenvalue weighted by atomic mass is 9.97. The summed E-state index contributed by atoms with van der Waals surface area (Å²) < 4.78 is 10.7. The van der Waals surface area contributed by atoms with E-state index in [4.69, 9.17) is 9.15 Å². The number of likely N-dealkylation sites (tertiary alicyclic amines) is 1. The van der Waals surface area contributed by atoms with Crippen molar-refractivity contribution >= 4 is 28.7 Å². The van der Waals surface area contributed by atoms with Crippen LogP contribution >= 0.6 is 0 Å². The number of nitrogens with one attached hydrogen (secondary N) is 1. The molecule has 7 nitrogen and oxygen atoms in total. The Balaban J connectivity index is 1.33. The van der Waals surface area contributed by atoms with Gasteiger partial charge >= 0.3 is 5.97 Å². The molecule has 0 atom stereocenters. The summed E-state index contributed by atoms with van der Waals surface area (Å²) >= 11 is 0. The maximum absolute atomic E-state index is 12.5. The summed E-state index contributed by atoms with van der Waals surface area (Å²) in [5.74, 6) is 0.422. The van der Waals surface area contributed by atoms with Crippen LogP contribution in [0.15, 0.2) is 52.9 Å². The number of anilines is 1. The molecule has 1 N–H and O–H groups in total. The van der Waals surface area contributed by atoms with Crippen molar-refractivity contribution in [1.29, 1.82) is 0 Å². The standard InChI is InChI=1S/C22H23N3O4/c1-28-22(27)16-6-2-3-7-17(16)23-20(26)14-25-12-10-15(11-13-25)21-24-18-8-4-5-9-19(18)29-21/h2-9,15H,10-14H2,1H3,(H,23,26). The van der Waals surface area contributed by atoms with Gasteiger partial charge in [-0.05, 0) is 50.2 Å². The van der Waals surface area contributed by atoms with Crippen LogP contribution in [-0.4, -0.2) is 48.5 Å². The summed E-state index contributed by atoms with van der Waals surface area (Å²) in [5, 5.41) is 2.82. The van der Waals surface area contributed by atoms with E-state index in [-0.39, 0.29) is 18.4 Å². The van der Waals surface area contributed by atoms with Crippen LogP contribution in [0.4, 0.5) is 5.69 Å². The number of hydrogen-bond acceptors (Lipinski definition) is 6. The molecule has 0 aliphatic carbocycles. The van der Waals surface area contributed by atoms with Crippen molar-refractivity contribution in [2.24, 2.45) is 0 Å². The molecular weight excluding hydrogens is 370 g/mol. The number of amides is 1. The molecule has 0 radical (unpaired) electrons. The molecule has 2 aromatic carbocycles. The molecule has 1 aliphatic rings. The van der Waals surface area contributed by atoms with Crippen LogP contribution in [0.1, 0.15) is 35.0 Å². The molecule has 4 rings (SSSR count). The predicted molar refractivity (Wildman–Crippen MR) is 109 cm³/mol. The van der Waals surface area contributed by atoms with E-state index in [1.165, 1.54) is 7.11 Å². The van der Waals surface area contributed by atoms with Gasteiger partial charge in [-0.25, -0.2) is 9.78 Å². The van der Waals surface area contributed by atoms with Gasteiger partial charge in [-0.1, -0.05) is 24.3 Å². The molecule has 2 heterocycles. The summed E-state index contributed by atoms with van der Waals surface area (Å²) in [7, 11) is 1.32. The summed E-state index contributed by atoms with van der Waals surface area (Å²) in [6.07, 6.45) is 1.78. The number of nitrogens with zero attached hydrogens (tertiary/aromatic N) is 2. The monoisotopic (exact) mass is 393 g/mol. The molecule has 1 amide bonds. The first-order chi connectivity index (χ1) is 14.1. The lowest BCUT2D eigenvalue weighted by Gasteiger charge is -2.29. The van der Waals surface area contributed by atoms with E-state index in [1.54, 1.807) is 24.3 Å². The van der Waals surface area contributed by atoms with Gasteiger partial charge in [0.15, 0.2) is 11.5 Å². The van der Waals surface area contributed by atoms with Crippen molar-refractivity contribution in [2.45, 2.75) is 18.8 Å². The van der Waals surface area contributed by atoms with Gasteiger partial charge in [0.25, 0.3) is 0 Å². The van der Waals surface area contributed by atoms with Crippen LogP contribution in [-0.2, 0) is 9.53 Å². The molecule has 150 valence electrons. The number of oxazole rings is 1. The van der Waals surface area contributed by atoms with E-state index in [2.05, 4.69) is 15.2 Å². The van der Waals surface area contributed by atoms with E-state index >= 15 is 0 Å². The van der Waals surface area contributed by atoms with Gasteiger partial charge in [0.2, 0.25) is 5.91 Å². The maximum atomic E-state index is 12.5. The van der Waals surface area contributed by atoms with Crippen LogP contribution in [0.2, 0.25) is 0 Å². The molecule has 0 unspecified atom stereocenters. The lowest BCUT2D eigenvalue weighted by Crippen LogP contribution is -2.39. The number of esters is 1. The van der Waals surface area contributed by atoms with Gasteiger partial charge in [0.05, 0.1) is 24.9 Å². The third kappa shape index (κ3) is 4.30. The molecule has 7 heteroatoms. The Morgan fingerprint density at radius 2 is 1.86 bits per heavy atom. The van der Waals surface area contributed by atoms with Crippen LogP contribution in [0, 0.1) is 0 Å². The molecule has 3 aromatic rings. The van der Waals surface area contributed by atoms with Crippen molar-refractivity contribution in [3.05, 3.63) is 60.0 Å². The first kappa shape index (κ1) is 19.1. The van der Waals surface area contributed by atoms with E-state index in [0.29, 0.717) is 11.3 Å². The van der Waals surface area contributed by atoms with Crippen molar-refractivity contribution in [2.75, 3.05) is 32.1 Å². The number of ether oxygens (including phenoxy) is 1. The number of aromatic nitrogens is 1. The highest BCUT2D eigenvalue weighted by Gasteiger charge is 2.26. The number of piperidine rings is 1. The highest BCUT2D eigenvalue weighted by molar-refractivity contribution is 6.01. The Bertz CT molecular complexity index is 989. The summed E-state index contributed by atoms with van der Waals surface area (Å²) in [4.78, 5) is 31.0. The van der Waals surface area contributed by atoms with Gasteiger partial charge in [0.1, 0.15) is 5.52 Å². The number of methoxy groups -OCH3 is 1. The van der Waals surface area contributed by atoms with Crippen molar-refractivity contribution < 1.29 is 18.7 Å². The predicted octanol–water partition coefficient (Wildman–Crippen LogP) is 3.43. The molecule has 1 aromatic heterocycles. The van der Waals surface area contributed by atoms with Crippen molar-refractivity contribution in [3.8, 4) is 0 Å². The van der Waals surface area contributed by atoms with Gasteiger partial charge < -0.3 is 14.5 Å². The van der Waals surface area contributed by atoms with Crippen molar-refractivity contribution in [1.82, 2.24) is 9.88 Å². The normalized spacial score (nSPS) is 15.3. The Hall–Kier alpha value is -3.19. The summed E-state index contributed by atoms with van der Waals surface area (Å²) in [6, 6.07) is 14.6. The van der Waals surface area contributed by atoms with Crippen molar-refractivity contribution in [3.63, 3.8) is 0 Å². The Morgan fingerprint density at radius 3 is 2.62 bits per heavy atom. The average molecular weight is 393 g/mol. The molecule has 0 spiro atoms. The second kappa shape index (κ2) is 8.45. The zero-order valence-corrected chi connectivity index (χ0v) is 16.3. The summed E-state index contributed by atoms with van der Waals surface area (Å²) in [6.45, 7) is 1.85. The Labute approximate surface area is 168 Å². The molecule has 1 saturated heterocycles. The number of benzene rings is 2. The van der Waals surface area contributed by atoms with Gasteiger partial charge in [-0.2, -0.15) is 0 Å². The number of hydrogen-bond donors (Lipinski definition) is 1. The molecule has 29 heavy (non-hydrogen) atoms. The smallest absolute Gasteiger partial charge is 0.339 e. The van der Waals surface area contributed by atoms with E-state index < -0.39 is 5.97 Å². The zero-order chi connectivity index (χ0) is 20.2. The van der Waals surface area contributed by atoms with E-state index in [9.17, 15) is 9.59 Å². The van der Waals surface area contributed by atoms with Gasteiger partial charge in [0, 0.05) is 5.92 Å². The lowest BCUT2D eigenvalue weighted by molar-refractivity contribution is -0.117. The number of carbonyl (C=O) groups is 2. The fraction of sp³-hybridized carbons (Fsp3) is 0.318. The maximum Gasteiger partial charge on any atom is 0.339 e. The average Bonchev–Trinajstić information content (AvgIpc) is 3.18. The molecule has 0 bridgehead atoms. The van der Waals surface area contributed by atoms with Crippen LogP contribution < -0.4 is 5.32 Å². The van der Waals surface area contributed by atoms with Gasteiger partial charge in [-0.15, -0.1) is 0 Å². The SMILES string of the molecule is COC(=O)c1ccccc1NC(=O)CN1CCC(c2nc3ccccc3o2)CC1. The molecule has 1 fully saturated rings. The third-order valence-electron chi connectivity index (χ3n) is 5.22. The molecule has 0 saturated carbocycles. The minimum atomic E-state index is -0.472. The minimum Gasteiger partial charge on any atom is -0.465 e. The van der Waals surface area contributed by atoms with Crippen LogP contribution in [0.25, 0.3) is 11.1 Å². The first-order valence-corrected chi connectivity index (χ1v) is 9.69. The number of carbonyl (C=O) groups excluding carboxylic acids is 2. The topological polar surface area (TPSA) is 84.7 Å². The van der Waals surface area contributed by atoms with Gasteiger partial charge in [-0.3, -0.25) is 9.69 Å². The fourth-order valence-corrected chi connectivity index (χ4v) is 3.68. The number of para-hydroxylation sites is 3. The highest BCUT2D eigenvalue weighted by atomic mass is 16.5.